The molecule has 0 aromatic rings. The van der Waals surface area contributed by atoms with Gasteiger partial charge in [-0.15, -0.1) is 0 Å². The van der Waals surface area contributed by atoms with Crippen LogP contribution < -0.4 is 16.0 Å². The molecule has 2 fully saturated rings. The van der Waals surface area contributed by atoms with Gasteiger partial charge in [0.05, 0.1) is 0 Å². The van der Waals surface area contributed by atoms with Crippen LogP contribution in [0.4, 0.5) is 0 Å². The summed E-state index contributed by atoms with van der Waals surface area (Å²) in [6.07, 6.45) is 4.22. The van der Waals surface area contributed by atoms with E-state index in [0.717, 1.165) is 13.1 Å². The molecule has 0 radical (unpaired) electrons. The van der Waals surface area contributed by atoms with Crippen LogP contribution in [0.3, 0.4) is 0 Å². The van der Waals surface area contributed by atoms with Crippen LogP contribution in [0.25, 0.3) is 0 Å². The van der Waals surface area contributed by atoms with E-state index >= 15 is 0 Å². The lowest BCUT2D eigenvalue weighted by Crippen LogP contribution is -2.38. The molecule has 3 N–H and O–H groups in total. The van der Waals surface area contributed by atoms with Crippen molar-refractivity contribution in [2.75, 3.05) is 32.7 Å². The molecule has 0 atom stereocenters. The minimum atomic E-state index is 0.635. The monoisotopic (exact) mass is 197 g/mol. The van der Waals surface area contributed by atoms with Gasteiger partial charge in [0.2, 0.25) is 0 Å². The minimum Gasteiger partial charge on any atom is -0.377 e. The Morgan fingerprint density at radius 2 is 1.71 bits per heavy atom. The first-order valence-corrected chi connectivity index (χ1v) is 5.33. The third-order valence-electron chi connectivity index (χ3n) is 2.27. The fourth-order valence-electron chi connectivity index (χ4n) is 1.45. The predicted octanol–water partition coefficient (Wildman–Crippen LogP) is -0.345. The second kappa shape index (κ2) is 7.56. The number of nitrogens with one attached hydrogen (secondary N) is 3. The van der Waals surface area contributed by atoms with Crippen LogP contribution in [0, 0.1) is 0 Å². The van der Waals surface area contributed by atoms with Crippen LogP contribution in [0.2, 0.25) is 0 Å². The molecule has 4 heteroatoms. The zero-order valence-corrected chi connectivity index (χ0v) is 8.57. The van der Waals surface area contributed by atoms with Gasteiger partial charge in [0, 0.05) is 19.6 Å². The van der Waals surface area contributed by atoms with Crippen molar-refractivity contribution in [2.24, 2.45) is 0 Å². The van der Waals surface area contributed by atoms with Gasteiger partial charge in [-0.25, -0.2) is 4.79 Å². The lowest BCUT2D eigenvalue weighted by atomic mass is 10.2. The molecule has 2 aliphatic heterocycles. The molecule has 0 unspecified atom stereocenters. The quantitative estimate of drug-likeness (QED) is 0.465. The van der Waals surface area contributed by atoms with Crippen molar-refractivity contribution in [1.29, 1.82) is 0 Å². The van der Waals surface area contributed by atoms with E-state index in [4.69, 9.17) is 0 Å². The summed E-state index contributed by atoms with van der Waals surface area (Å²) in [5, 5.41) is 9.21. The van der Waals surface area contributed by atoms with Gasteiger partial charge >= 0.3 is 0 Å². The van der Waals surface area contributed by atoms with E-state index in [1.54, 1.807) is 5.94 Å². The van der Waals surface area contributed by atoms with Crippen molar-refractivity contribution in [2.45, 2.75) is 19.3 Å². The highest BCUT2D eigenvalue weighted by Crippen LogP contribution is 1.96. The highest BCUT2D eigenvalue weighted by atomic mass is 16.1. The van der Waals surface area contributed by atoms with Crippen LogP contribution in [-0.4, -0.2) is 38.7 Å². The maximum Gasteiger partial charge on any atom is 0.146 e. The third-order valence-corrected chi connectivity index (χ3v) is 2.27. The Morgan fingerprint density at radius 1 is 0.929 bits per heavy atom. The predicted molar refractivity (Wildman–Crippen MR) is 56.8 cm³/mol. The third kappa shape index (κ3) is 5.02. The molecule has 4 nitrogen and oxygen atoms in total. The summed E-state index contributed by atoms with van der Waals surface area (Å²) in [4.78, 5) is 9.90. The first-order valence-electron chi connectivity index (χ1n) is 5.33. The normalized spacial score (nSPS) is 21.3. The maximum atomic E-state index is 9.90. The lowest BCUT2D eigenvalue weighted by molar-refractivity contribution is 0.520. The van der Waals surface area contributed by atoms with E-state index in [-0.39, 0.29) is 0 Å². The number of piperazine rings is 1. The first-order chi connectivity index (χ1) is 6.93. The molecule has 0 bridgehead atoms. The second-order valence-corrected chi connectivity index (χ2v) is 3.49. The summed E-state index contributed by atoms with van der Waals surface area (Å²) in [7, 11) is 0. The summed E-state index contributed by atoms with van der Waals surface area (Å²) in [6, 6.07) is 0. The molecule has 2 saturated heterocycles. The smallest absolute Gasteiger partial charge is 0.146 e. The zero-order valence-electron chi connectivity index (χ0n) is 8.57. The van der Waals surface area contributed by atoms with E-state index in [1.165, 1.54) is 32.4 Å². The van der Waals surface area contributed by atoms with Crippen molar-refractivity contribution < 1.29 is 4.79 Å². The first kappa shape index (κ1) is 11.2. The van der Waals surface area contributed by atoms with Crippen LogP contribution >= 0.6 is 0 Å². The average Bonchev–Trinajstić information content (AvgIpc) is 2.33. The Balaban J connectivity index is 0.000000146. The Hall–Kier alpha value is -0.830. The maximum absolute atomic E-state index is 9.90. The van der Waals surface area contributed by atoms with E-state index in [9.17, 15) is 4.79 Å². The van der Waals surface area contributed by atoms with Crippen LogP contribution in [-0.2, 0) is 4.79 Å². The van der Waals surface area contributed by atoms with Gasteiger partial charge in [0.15, 0.2) is 0 Å². The van der Waals surface area contributed by atoms with Crippen LogP contribution in [0.15, 0.2) is 5.70 Å². The lowest BCUT2D eigenvalue weighted by Gasteiger charge is -2.13. The molecular formula is C10H19N3O. The van der Waals surface area contributed by atoms with Gasteiger partial charge in [-0.3, -0.25) is 0 Å². The van der Waals surface area contributed by atoms with Gasteiger partial charge in [-0.05, 0) is 25.9 Å². The summed E-state index contributed by atoms with van der Waals surface area (Å²) in [6.45, 7) is 4.92. The van der Waals surface area contributed by atoms with Crippen molar-refractivity contribution >= 4 is 5.94 Å². The number of rotatable bonds is 0. The standard InChI is InChI=1S/C5H8N2O.C5H11N/c8-4-5-3-6-1-2-7-5;1-2-4-6-5-3-1/h6-7H,1-3H2;6H,1-5H2. The summed E-state index contributed by atoms with van der Waals surface area (Å²) in [5.41, 5.74) is 0.635. The highest BCUT2D eigenvalue weighted by Gasteiger charge is 2.01. The zero-order chi connectivity index (χ0) is 10.1. The molecule has 2 aliphatic rings. The average molecular weight is 197 g/mol. The summed E-state index contributed by atoms with van der Waals surface area (Å²) in [5.74, 6) is 1.80. The van der Waals surface area contributed by atoms with Gasteiger partial charge < -0.3 is 16.0 Å². The van der Waals surface area contributed by atoms with E-state index < -0.39 is 0 Å². The molecular weight excluding hydrogens is 178 g/mol. The molecule has 0 aromatic heterocycles. The molecule has 2 rings (SSSR count). The Labute approximate surface area is 85.1 Å². The molecule has 0 saturated carbocycles. The Morgan fingerprint density at radius 3 is 2.00 bits per heavy atom. The topological polar surface area (TPSA) is 53.2 Å². The largest absolute Gasteiger partial charge is 0.377 e. The Bertz CT molecular complexity index is 176. The molecule has 0 amide bonds. The van der Waals surface area contributed by atoms with Gasteiger partial charge in [-0.1, -0.05) is 6.42 Å². The minimum absolute atomic E-state index is 0.635. The van der Waals surface area contributed by atoms with Gasteiger partial charge in [0.1, 0.15) is 11.6 Å². The fraction of sp³-hybridized carbons (Fsp3) is 0.800. The van der Waals surface area contributed by atoms with Gasteiger partial charge in [-0.2, -0.15) is 0 Å². The van der Waals surface area contributed by atoms with Crippen molar-refractivity contribution in [3.63, 3.8) is 0 Å². The summed E-state index contributed by atoms with van der Waals surface area (Å²) < 4.78 is 0. The number of piperidine rings is 1. The fourth-order valence-corrected chi connectivity index (χ4v) is 1.45. The van der Waals surface area contributed by atoms with E-state index in [0.29, 0.717) is 12.2 Å². The van der Waals surface area contributed by atoms with E-state index in [2.05, 4.69) is 16.0 Å². The van der Waals surface area contributed by atoms with Crippen molar-refractivity contribution in [3.05, 3.63) is 5.70 Å². The van der Waals surface area contributed by atoms with Gasteiger partial charge in [0.25, 0.3) is 0 Å². The molecule has 0 aromatic carbocycles. The van der Waals surface area contributed by atoms with Crippen molar-refractivity contribution in [1.82, 2.24) is 16.0 Å². The second-order valence-electron chi connectivity index (χ2n) is 3.49. The highest BCUT2D eigenvalue weighted by molar-refractivity contribution is 5.52. The molecule has 14 heavy (non-hydrogen) atoms. The summed E-state index contributed by atoms with van der Waals surface area (Å²) >= 11 is 0. The van der Waals surface area contributed by atoms with Crippen LogP contribution in [0.5, 0.6) is 0 Å². The number of hydrogen-bond acceptors (Lipinski definition) is 4. The van der Waals surface area contributed by atoms with E-state index in [1.807, 2.05) is 0 Å². The SMILES string of the molecule is C1CCNCC1.O=C=C1CNCCN1. The molecule has 2 heterocycles. The molecule has 0 aliphatic carbocycles. The number of carbonyl (C=O) groups excluding carboxylic acids is 1. The van der Waals surface area contributed by atoms with Crippen molar-refractivity contribution in [3.8, 4) is 0 Å². The van der Waals surface area contributed by atoms with Crippen LogP contribution in [0.1, 0.15) is 19.3 Å². The molecule has 80 valence electrons. The molecule has 0 spiro atoms. The number of hydrogen-bond donors (Lipinski definition) is 3. The Kier molecular flexibility index (Phi) is 6.07.